The Morgan fingerprint density at radius 1 is 1.69 bits per heavy atom. The smallest absolute Gasteiger partial charge is 0.330 e. The number of carbonyl (C=O) groups excluding carboxylic acids is 2. The molecule has 1 heterocycles. The molecule has 7 heteroatoms. The summed E-state index contributed by atoms with van der Waals surface area (Å²) in [6.07, 6.45) is 2.86. The summed E-state index contributed by atoms with van der Waals surface area (Å²) in [5, 5.41) is 15.0. The second kappa shape index (κ2) is 5.26. The summed E-state index contributed by atoms with van der Waals surface area (Å²) < 4.78 is 5.87. The number of methoxy groups -OCH3 is 1. The molecule has 0 aliphatic heterocycles. The molecule has 1 aromatic rings. The van der Waals surface area contributed by atoms with Crippen molar-refractivity contribution in [1.29, 1.82) is 0 Å². The number of hydrogen-bond donors (Lipinski definition) is 2. The lowest BCUT2D eigenvalue weighted by Crippen LogP contribution is -2.43. The highest BCUT2D eigenvalue weighted by Gasteiger charge is 2.21. The maximum Gasteiger partial charge on any atom is 0.330 e. The van der Waals surface area contributed by atoms with Gasteiger partial charge in [-0.05, 0) is 0 Å². The Morgan fingerprint density at radius 2 is 2.38 bits per heavy atom. The number of hydrogen-bond acceptors (Lipinski definition) is 5. The van der Waals surface area contributed by atoms with Gasteiger partial charge in [-0.3, -0.25) is 9.48 Å². The van der Waals surface area contributed by atoms with Crippen LogP contribution in [0.4, 0.5) is 0 Å². The van der Waals surface area contributed by atoms with Gasteiger partial charge in [0.15, 0.2) is 6.04 Å². The molecular weight excluding hydrogens is 214 g/mol. The number of nitrogens with one attached hydrogen (secondary N) is 1. The van der Waals surface area contributed by atoms with Crippen LogP contribution in [0.2, 0.25) is 0 Å². The van der Waals surface area contributed by atoms with E-state index >= 15 is 0 Å². The molecule has 1 atom stereocenters. The largest absolute Gasteiger partial charge is 0.467 e. The van der Waals surface area contributed by atoms with Crippen molar-refractivity contribution < 1.29 is 19.4 Å². The second-order valence-electron chi connectivity index (χ2n) is 3.13. The van der Waals surface area contributed by atoms with Gasteiger partial charge in [-0.25, -0.2) is 4.79 Å². The number of amides is 1. The summed E-state index contributed by atoms with van der Waals surface area (Å²) in [4.78, 5) is 22.7. The Morgan fingerprint density at radius 3 is 2.81 bits per heavy atom. The van der Waals surface area contributed by atoms with Crippen molar-refractivity contribution in [3.8, 4) is 0 Å². The number of nitrogens with zero attached hydrogens (tertiary/aromatic N) is 2. The lowest BCUT2D eigenvalue weighted by molar-refractivity contribution is -0.143. The molecule has 0 bridgehead atoms. The second-order valence-corrected chi connectivity index (χ2v) is 3.13. The van der Waals surface area contributed by atoms with Gasteiger partial charge in [-0.15, -0.1) is 0 Å². The summed E-state index contributed by atoms with van der Waals surface area (Å²) in [5.41, 5.74) is 0.310. The van der Waals surface area contributed by atoms with E-state index in [9.17, 15) is 9.59 Å². The third-order valence-electron chi connectivity index (χ3n) is 1.94. The van der Waals surface area contributed by atoms with Crippen molar-refractivity contribution in [2.24, 2.45) is 7.05 Å². The Bertz CT molecular complexity index is 388. The molecule has 0 aliphatic rings. The summed E-state index contributed by atoms with van der Waals surface area (Å²) in [6.45, 7) is -0.515. The van der Waals surface area contributed by atoms with Crippen molar-refractivity contribution in [1.82, 2.24) is 15.1 Å². The molecule has 0 fully saturated rings. The standard InChI is InChI=1S/C9H13N3O4/c1-12-4-6(3-10-12)8(14)11-7(5-13)9(15)16-2/h3-4,7,13H,5H2,1-2H3,(H,11,14). The van der Waals surface area contributed by atoms with Gasteiger partial charge in [0.2, 0.25) is 0 Å². The number of aromatic nitrogens is 2. The quantitative estimate of drug-likeness (QED) is 0.622. The summed E-state index contributed by atoms with van der Waals surface area (Å²) in [5.74, 6) is -1.18. The van der Waals surface area contributed by atoms with Crippen LogP contribution < -0.4 is 5.32 Å². The first kappa shape index (κ1) is 12.2. The molecule has 88 valence electrons. The predicted octanol–water partition coefficient (Wildman–Crippen LogP) is -1.32. The van der Waals surface area contributed by atoms with Crippen LogP contribution in [0.5, 0.6) is 0 Å². The van der Waals surface area contributed by atoms with Crippen LogP contribution in [0.25, 0.3) is 0 Å². The maximum atomic E-state index is 11.6. The number of aryl methyl sites for hydroxylation is 1. The van der Waals surface area contributed by atoms with Crippen molar-refractivity contribution in [3.05, 3.63) is 18.0 Å². The Kier molecular flexibility index (Phi) is 4.01. The lowest BCUT2D eigenvalue weighted by Gasteiger charge is -2.12. The maximum absolute atomic E-state index is 11.6. The van der Waals surface area contributed by atoms with Crippen molar-refractivity contribution in [2.45, 2.75) is 6.04 Å². The van der Waals surface area contributed by atoms with Gasteiger partial charge in [0.1, 0.15) is 0 Å². The van der Waals surface area contributed by atoms with Crippen LogP contribution in [0, 0.1) is 0 Å². The molecule has 0 spiro atoms. The van der Waals surface area contributed by atoms with Crippen LogP contribution in [-0.4, -0.2) is 46.5 Å². The van der Waals surface area contributed by atoms with E-state index in [0.29, 0.717) is 5.56 Å². The average molecular weight is 227 g/mol. The van der Waals surface area contributed by atoms with E-state index in [4.69, 9.17) is 5.11 Å². The van der Waals surface area contributed by atoms with Crippen molar-refractivity contribution >= 4 is 11.9 Å². The third kappa shape index (κ3) is 2.80. The molecule has 1 aromatic heterocycles. The van der Waals surface area contributed by atoms with Crippen LogP contribution in [0.1, 0.15) is 10.4 Å². The van der Waals surface area contributed by atoms with Gasteiger partial charge in [-0.1, -0.05) is 0 Å². The van der Waals surface area contributed by atoms with E-state index in [2.05, 4.69) is 15.2 Å². The monoisotopic (exact) mass is 227 g/mol. The minimum atomic E-state index is -1.06. The number of carbonyl (C=O) groups is 2. The number of aliphatic hydroxyl groups excluding tert-OH is 1. The molecule has 16 heavy (non-hydrogen) atoms. The number of esters is 1. The fourth-order valence-corrected chi connectivity index (χ4v) is 1.10. The fraction of sp³-hybridized carbons (Fsp3) is 0.444. The molecule has 0 saturated carbocycles. The average Bonchev–Trinajstić information content (AvgIpc) is 2.71. The van der Waals surface area contributed by atoms with Gasteiger partial charge < -0.3 is 15.2 Å². The Balaban J connectivity index is 2.66. The first-order valence-electron chi connectivity index (χ1n) is 4.56. The SMILES string of the molecule is COC(=O)C(CO)NC(=O)c1cnn(C)c1. The predicted molar refractivity (Wildman–Crippen MR) is 53.6 cm³/mol. The zero-order valence-corrected chi connectivity index (χ0v) is 9.01. The van der Waals surface area contributed by atoms with Crippen LogP contribution in [0.3, 0.4) is 0 Å². The molecule has 0 radical (unpaired) electrons. The Hall–Kier alpha value is -1.89. The molecule has 2 N–H and O–H groups in total. The minimum Gasteiger partial charge on any atom is -0.467 e. The van der Waals surface area contributed by atoms with E-state index < -0.39 is 24.5 Å². The topological polar surface area (TPSA) is 93.4 Å². The molecule has 0 aliphatic carbocycles. The highest BCUT2D eigenvalue weighted by Crippen LogP contribution is 1.97. The molecule has 1 amide bonds. The third-order valence-corrected chi connectivity index (χ3v) is 1.94. The van der Waals surface area contributed by atoms with Gasteiger partial charge >= 0.3 is 5.97 Å². The van der Waals surface area contributed by atoms with E-state index in [1.54, 1.807) is 7.05 Å². The van der Waals surface area contributed by atoms with E-state index in [0.717, 1.165) is 0 Å². The first-order chi connectivity index (χ1) is 7.58. The lowest BCUT2D eigenvalue weighted by atomic mass is 10.2. The zero-order chi connectivity index (χ0) is 12.1. The van der Waals surface area contributed by atoms with E-state index in [1.807, 2.05) is 0 Å². The highest BCUT2D eigenvalue weighted by molar-refractivity contribution is 5.96. The first-order valence-corrected chi connectivity index (χ1v) is 4.56. The molecule has 7 nitrogen and oxygen atoms in total. The van der Waals surface area contributed by atoms with Crippen LogP contribution >= 0.6 is 0 Å². The molecule has 0 aromatic carbocycles. The fourth-order valence-electron chi connectivity index (χ4n) is 1.10. The van der Waals surface area contributed by atoms with Gasteiger partial charge in [-0.2, -0.15) is 5.10 Å². The summed E-state index contributed by atoms with van der Waals surface area (Å²) in [7, 11) is 2.85. The highest BCUT2D eigenvalue weighted by atomic mass is 16.5. The molecule has 1 rings (SSSR count). The van der Waals surface area contributed by atoms with E-state index in [1.165, 1.54) is 24.2 Å². The number of aliphatic hydroxyl groups is 1. The van der Waals surface area contributed by atoms with Crippen LogP contribution in [-0.2, 0) is 16.6 Å². The zero-order valence-electron chi connectivity index (χ0n) is 9.01. The summed E-state index contributed by atoms with van der Waals surface area (Å²) in [6, 6.07) is -1.06. The number of ether oxygens (including phenoxy) is 1. The van der Waals surface area contributed by atoms with Gasteiger partial charge in [0, 0.05) is 13.2 Å². The van der Waals surface area contributed by atoms with Crippen LogP contribution in [0.15, 0.2) is 12.4 Å². The van der Waals surface area contributed by atoms with E-state index in [-0.39, 0.29) is 0 Å². The number of rotatable bonds is 4. The Labute approximate surface area is 92.0 Å². The normalized spacial score (nSPS) is 11.9. The van der Waals surface area contributed by atoms with Crippen molar-refractivity contribution in [2.75, 3.05) is 13.7 Å². The molecule has 0 saturated heterocycles. The van der Waals surface area contributed by atoms with Gasteiger partial charge in [0.25, 0.3) is 5.91 Å². The molecular formula is C9H13N3O4. The van der Waals surface area contributed by atoms with Gasteiger partial charge in [0.05, 0.1) is 25.5 Å². The summed E-state index contributed by atoms with van der Waals surface area (Å²) >= 11 is 0. The van der Waals surface area contributed by atoms with Crippen molar-refractivity contribution in [3.63, 3.8) is 0 Å². The molecule has 1 unspecified atom stereocenters. The minimum absolute atomic E-state index is 0.310.